The van der Waals surface area contributed by atoms with Crippen LogP contribution in [-0.4, -0.2) is 82.9 Å². The van der Waals surface area contributed by atoms with Gasteiger partial charge >= 0.3 is 17.9 Å². The molecule has 1 aromatic heterocycles. The number of hydrogen-bond donors (Lipinski definition) is 2. The number of rotatable bonds is 5. The van der Waals surface area contributed by atoms with Crippen molar-refractivity contribution in [1.82, 2.24) is 0 Å². The molecule has 0 radical (unpaired) electrons. The van der Waals surface area contributed by atoms with Crippen molar-refractivity contribution in [1.29, 1.82) is 0 Å². The number of furan rings is 1. The number of aliphatic hydroxyl groups is 2. The van der Waals surface area contributed by atoms with Crippen LogP contribution in [0.15, 0.2) is 23.0 Å². The summed E-state index contributed by atoms with van der Waals surface area (Å²) in [5.74, 6) is -4.71. The lowest BCUT2D eigenvalue weighted by molar-refractivity contribution is -0.374. The number of hydrogen-bond acceptors (Lipinski definition) is 12. The second kappa shape index (κ2) is 9.87. The predicted molar refractivity (Wildman–Crippen MR) is 155 cm³/mol. The third kappa shape index (κ3) is 3.54. The fourth-order valence-electron chi connectivity index (χ4n) is 11.4. The molecule has 4 aliphatic carbocycles. The van der Waals surface area contributed by atoms with Crippen molar-refractivity contribution in [3.63, 3.8) is 0 Å². The molecule has 1 spiro atoms. The molecule has 6 aliphatic rings. The van der Waals surface area contributed by atoms with Gasteiger partial charge in [-0.25, -0.2) is 0 Å². The summed E-state index contributed by atoms with van der Waals surface area (Å²) in [6, 6.07) is 1.84. The second-order valence-electron chi connectivity index (χ2n) is 15.4. The zero-order valence-corrected chi connectivity index (χ0v) is 27.3. The normalized spacial score (nSPS) is 50.0. The van der Waals surface area contributed by atoms with Crippen molar-refractivity contribution in [2.75, 3.05) is 6.61 Å². The zero-order chi connectivity index (χ0) is 33.4. The number of epoxide rings is 1. The van der Waals surface area contributed by atoms with Gasteiger partial charge in [0.05, 0.1) is 54.2 Å². The Kier molecular flexibility index (Phi) is 6.82. The molecular formula is C34H44O12. The van der Waals surface area contributed by atoms with E-state index in [0.29, 0.717) is 6.42 Å². The van der Waals surface area contributed by atoms with Crippen LogP contribution in [0.25, 0.3) is 0 Å². The Balaban J connectivity index is 1.41. The molecule has 12 nitrogen and oxygen atoms in total. The van der Waals surface area contributed by atoms with Crippen LogP contribution in [0.5, 0.6) is 0 Å². The maximum atomic E-state index is 15.3. The van der Waals surface area contributed by atoms with E-state index in [9.17, 15) is 24.6 Å². The van der Waals surface area contributed by atoms with E-state index in [1.165, 1.54) is 13.8 Å². The van der Waals surface area contributed by atoms with Crippen LogP contribution in [0.1, 0.15) is 79.2 Å². The van der Waals surface area contributed by atoms with E-state index in [1.54, 1.807) is 33.3 Å². The maximum Gasteiger partial charge on any atom is 0.310 e. The van der Waals surface area contributed by atoms with Gasteiger partial charge < -0.3 is 38.3 Å². The van der Waals surface area contributed by atoms with Crippen LogP contribution in [0.3, 0.4) is 0 Å². The highest BCUT2D eigenvalue weighted by molar-refractivity contribution is 5.93. The van der Waals surface area contributed by atoms with E-state index in [1.807, 2.05) is 19.9 Å². The lowest BCUT2D eigenvalue weighted by Gasteiger charge is -2.73. The van der Waals surface area contributed by atoms with E-state index >= 15 is 4.79 Å². The highest BCUT2D eigenvalue weighted by Crippen LogP contribution is 2.83. The standard InChI is InChI=1S/C34H44O12/c1-15(2)28(40)45-29-30(5)20-11-21(37)32(7)26(33(20,14-42-29)22(38)12-23(30)43-16(3)35)25(39)27(44-17(4)36)31(6)19(18-8-9-41-13-18)10-24-34(31,32)46-24/h8-9,13,15,19-24,26-27,29,37-38H,10-12,14H2,1-7H3/t19-,20-,21+,22-,23+,24+,26-,27-,29?,30+,31+,32+,33+,34+/m0/s1. The number of esters is 3. The van der Waals surface area contributed by atoms with Crippen LogP contribution < -0.4 is 0 Å². The monoisotopic (exact) mass is 644 g/mol. The molecule has 2 saturated heterocycles. The predicted octanol–water partition coefficient (Wildman–Crippen LogP) is 2.67. The summed E-state index contributed by atoms with van der Waals surface area (Å²) < 4.78 is 36.1. The number of carbonyl (C=O) groups excluding carboxylic acids is 4. The Bertz CT molecular complexity index is 1470. The van der Waals surface area contributed by atoms with E-state index in [2.05, 4.69) is 0 Å². The molecule has 1 unspecified atom stereocenters. The molecule has 2 bridgehead atoms. The molecule has 46 heavy (non-hydrogen) atoms. The quantitative estimate of drug-likeness (QED) is 0.273. The Labute approximate surface area is 267 Å². The molecule has 12 heteroatoms. The van der Waals surface area contributed by atoms with Crippen LogP contribution in [0.4, 0.5) is 0 Å². The highest BCUT2D eigenvalue weighted by atomic mass is 16.7. The molecule has 6 fully saturated rings. The lowest BCUT2D eigenvalue weighted by Crippen LogP contribution is -2.82. The smallest absolute Gasteiger partial charge is 0.310 e. The van der Waals surface area contributed by atoms with Gasteiger partial charge in [0, 0.05) is 42.9 Å². The molecule has 2 N–H and O–H groups in total. The summed E-state index contributed by atoms with van der Waals surface area (Å²) in [4.78, 5) is 53.3. The highest BCUT2D eigenvalue weighted by Gasteiger charge is 2.92. The van der Waals surface area contributed by atoms with Crippen LogP contribution in [0, 0.1) is 39.4 Å². The van der Waals surface area contributed by atoms with Gasteiger partial charge in [0.25, 0.3) is 0 Å². The van der Waals surface area contributed by atoms with Crippen molar-refractivity contribution >= 4 is 23.7 Å². The number of ether oxygens (including phenoxy) is 5. The van der Waals surface area contributed by atoms with Crippen molar-refractivity contribution in [2.24, 2.45) is 39.4 Å². The minimum Gasteiger partial charge on any atom is -0.472 e. The largest absolute Gasteiger partial charge is 0.472 e. The molecule has 2 aliphatic heterocycles. The Morgan fingerprint density at radius 1 is 0.957 bits per heavy atom. The van der Waals surface area contributed by atoms with Crippen molar-refractivity contribution in [3.05, 3.63) is 24.2 Å². The third-order valence-electron chi connectivity index (χ3n) is 13.3. The molecule has 3 heterocycles. The summed E-state index contributed by atoms with van der Waals surface area (Å²) in [6.07, 6.45) is -2.36. The first-order valence-corrected chi connectivity index (χ1v) is 16.3. The molecule has 4 saturated carbocycles. The fraction of sp³-hybridized carbons (Fsp3) is 0.765. The van der Waals surface area contributed by atoms with Gasteiger partial charge in [0.15, 0.2) is 11.9 Å². The molecular weight excluding hydrogens is 600 g/mol. The van der Waals surface area contributed by atoms with Crippen molar-refractivity contribution < 1.29 is 57.5 Å². The molecule has 0 amide bonds. The van der Waals surface area contributed by atoms with Gasteiger partial charge in [-0.2, -0.15) is 0 Å². The SMILES string of the molecule is CC(=O)O[C@@H]1C[C@H](O)[C@@]23COC(OC(=O)C(C)C)[C@]1(C)[C@@H]2C[C@@H](O)[C@]1(C)[C@@H]3C(=O)[C@H](OC(C)=O)[C@@]2(C)[C@H](c3ccoc3)C[C@H]3O[C@]321. The van der Waals surface area contributed by atoms with Gasteiger partial charge in [0.1, 0.15) is 11.7 Å². The number of aliphatic hydroxyl groups excluding tert-OH is 2. The number of Topliss-reactive ketones (excluding diaryl/α,β-unsaturated/α-hetero) is 1. The average molecular weight is 645 g/mol. The molecule has 1 aromatic rings. The number of carbonyl (C=O) groups is 4. The first-order valence-electron chi connectivity index (χ1n) is 16.3. The molecule has 14 atom stereocenters. The lowest BCUT2D eigenvalue weighted by atomic mass is 9.33. The third-order valence-corrected chi connectivity index (χ3v) is 13.3. The van der Waals surface area contributed by atoms with Crippen molar-refractivity contribution in [2.45, 2.75) is 116 Å². The van der Waals surface area contributed by atoms with Crippen LogP contribution in [0.2, 0.25) is 0 Å². The van der Waals surface area contributed by atoms with E-state index in [0.717, 1.165) is 5.56 Å². The van der Waals surface area contributed by atoms with Crippen LogP contribution in [-0.2, 0) is 42.9 Å². The maximum absolute atomic E-state index is 15.3. The Morgan fingerprint density at radius 3 is 2.26 bits per heavy atom. The molecule has 0 aromatic carbocycles. The van der Waals surface area contributed by atoms with Crippen LogP contribution >= 0.6 is 0 Å². The Hall–Kier alpha value is -2.80. The average Bonchev–Trinajstić information content (AvgIpc) is 3.33. The summed E-state index contributed by atoms with van der Waals surface area (Å²) in [5.41, 5.74) is -5.13. The summed E-state index contributed by atoms with van der Waals surface area (Å²) >= 11 is 0. The minimum absolute atomic E-state index is 0.0495. The minimum atomic E-state index is -1.32. The first kappa shape index (κ1) is 31.8. The first-order chi connectivity index (χ1) is 21.5. The summed E-state index contributed by atoms with van der Waals surface area (Å²) in [7, 11) is 0. The van der Waals surface area contributed by atoms with Gasteiger partial charge in [0.2, 0.25) is 6.29 Å². The Morgan fingerprint density at radius 2 is 1.65 bits per heavy atom. The number of ketones is 1. The summed E-state index contributed by atoms with van der Waals surface area (Å²) in [5, 5.41) is 24.7. The summed E-state index contributed by atoms with van der Waals surface area (Å²) in [6.45, 7) is 11.3. The molecule has 7 rings (SSSR count). The zero-order valence-electron chi connectivity index (χ0n) is 27.3. The number of fused-ring (bicyclic) bond motifs is 1. The topological polar surface area (TPSA) is 171 Å². The van der Waals surface area contributed by atoms with E-state index in [-0.39, 0.29) is 31.5 Å². The van der Waals surface area contributed by atoms with Crippen molar-refractivity contribution in [3.8, 4) is 0 Å². The van der Waals surface area contributed by atoms with Gasteiger partial charge in [-0.15, -0.1) is 0 Å². The van der Waals surface area contributed by atoms with E-state index in [4.69, 9.17) is 28.1 Å². The molecule has 252 valence electrons. The van der Waals surface area contributed by atoms with E-state index < -0.39 is 99.4 Å². The van der Waals surface area contributed by atoms with Gasteiger partial charge in [-0.05, 0) is 37.3 Å². The van der Waals surface area contributed by atoms with Gasteiger partial charge in [-0.1, -0.05) is 27.7 Å². The fourth-order valence-corrected chi connectivity index (χ4v) is 11.4. The van der Waals surface area contributed by atoms with Gasteiger partial charge in [-0.3, -0.25) is 19.2 Å². The second-order valence-corrected chi connectivity index (χ2v) is 15.4.